The summed E-state index contributed by atoms with van der Waals surface area (Å²) < 4.78 is 1.74. The SMILES string of the molecule is CC(C)C(=O)Nc1ccc(CNC(=O)c2ccc(-n3cccn3)cc2)cc1. The van der Waals surface area contributed by atoms with Gasteiger partial charge < -0.3 is 10.6 Å². The predicted octanol–water partition coefficient (Wildman–Crippen LogP) is 3.40. The van der Waals surface area contributed by atoms with Crippen LogP contribution in [-0.2, 0) is 11.3 Å². The molecule has 0 atom stereocenters. The van der Waals surface area contributed by atoms with E-state index in [-0.39, 0.29) is 17.7 Å². The maximum absolute atomic E-state index is 12.3. The van der Waals surface area contributed by atoms with Crippen molar-refractivity contribution in [2.75, 3.05) is 5.32 Å². The van der Waals surface area contributed by atoms with Crippen molar-refractivity contribution in [1.82, 2.24) is 15.1 Å². The molecule has 2 amide bonds. The Balaban J connectivity index is 1.55. The van der Waals surface area contributed by atoms with Crippen LogP contribution in [0, 0.1) is 5.92 Å². The average molecular weight is 362 g/mol. The number of nitrogens with one attached hydrogen (secondary N) is 2. The molecule has 0 bridgehead atoms. The van der Waals surface area contributed by atoms with Crippen LogP contribution in [0.1, 0.15) is 29.8 Å². The highest BCUT2D eigenvalue weighted by atomic mass is 16.2. The summed E-state index contributed by atoms with van der Waals surface area (Å²) in [7, 11) is 0. The number of nitrogens with zero attached hydrogens (tertiary/aromatic N) is 2. The third-order valence-corrected chi connectivity index (χ3v) is 4.10. The fraction of sp³-hybridized carbons (Fsp3) is 0.190. The van der Waals surface area contributed by atoms with Gasteiger partial charge in [0.2, 0.25) is 5.91 Å². The van der Waals surface area contributed by atoms with Gasteiger partial charge in [-0.15, -0.1) is 0 Å². The predicted molar refractivity (Wildman–Crippen MR) is 105 cm³/mol. The van der Waals surface area contributed by atoms with Crippen LogP contribution in [0.5, 0.6) is 0 Å². The minimum Gasteiger partial charge on any atom is -0.348 e. The van der Waals surface area contributed by atoms with Crippen LogP contribution in [0.15, 0.2) is 67.0 Å². The minimum absolute atomic E-state index is 0.0189. The minimum atomic E-state index is -0.140. The van der Waals surface area contributed by atoms with Gasteiger partial charge in [0.15, 0.2) is 0 Å². The highest BCUT2D eigenvalue weighted by Gasteiger charge is 2.08. The van der Waals surface area contributed by atoms with E-state index in [1.807, 2.05) is 62.5 Å². The van der Waals surface area contributed by atoms with Crippen LogP contribution in [0.2, 0.25) is 0 Å². The molecule has 3 aromatic rings. The van der Waals surface area contributed by atoms with Gasteiger partial charge in [-0.2, -0.15) is 5.10 Å². The largest absolute Gasteiger partial charge is 0.348 e. The summed E-state index contributed by atoms with van der Waals surface area (Å²) in [5.41, 5.74) is 3.19. The van der Waals surface area contributed by atoms with E-state index in [1.165, 1.54) is 0 Å². The molecule has 0 radical (unpaired) electrons. The molecule has 2 aromatic carbocycles. The van der Waals surface area contributed by atoms with Gasteiger partial charge in [-0.05, 0) is 48.0 Å². The molecule has 6 heteroatoms. The van der Waals surface area contributed by atoms with Gasteiger partial charge in [0.25, 0.3) is 5.91 Å². The zero-order valence-electron chi connectivity index (χ0n) is 15.3. The smallest absolute Gasteiger partial charge is 0.251 e. The van der Waals surface area contributed by atoms with E-state index >= 15 is 0 Å². The van der Waals surface area contributed by atoms with Crippen molar-refractivity contribution in [3.05, 3.63) is 78.1 Å². The van der Waals surface area contributed by atoms with E-state index in [0.29, 0.717) is 12.1 Å². The molecular formula is C21H22N4O2. The van der Waals surface area contributed by atoms with Crippen LogP contribution in [0.3, 0.4) is 0 Å². The van der Waals surface area contributed by atoms with Crippen molar-refractivity contribution in [2.45, 2.75) is 20.4 Å². The van der Waals surface area contributed by atoms with Crippen molar-refractivity contribution in [3.8, 4) is 5.69 Å². The van der Waals surface area contributed by atoms with Gasteiger partial charge in [-0.25, -0.2) is 4.68 Å². The van der Waals surface area contributed by atoms with Crippen LogP contribution >= 0.6 is 0 Å². The molecular weight excluding hydrogens is 340 g/mol. The van der Waals surface area contributed by atoms with Crippen molar-refractivity contribution in [1.29, 1.82) is 0 Å². The molecule has 1 heterocycles. The molecule has 0 unspecified atom stereocenters. The molecule has 0 aliphatic rings. The number of amides is 2. The quantitative estimate of drug-likeness (QED) is 0.706. The second-order valence-electron chi connectivity index (χ2n) is 6.52. The summed E-state index contributed by atoms with van der Waals surface area (Å²) in [5.74, 6) is -0.225. The fourth-order valence-electron chi connectivity index (χ4n) is 2.46. The number of hydrogen-bond donors (Lipinski definition) is 2. The standard InChI is InChI=1S/C21H22N4O2/c1-15(2)20(26)24-18-8-4-16(5-9-18)14-22-21(27)17-6-10-19(11-7-17)25-13-3-12-23-25/h3-13,15H,14H2,1-2H3,(H,22,27)(H,24,26). The molecule has 1 aromatic heterocycles. The normalized spacial score (nSPS) is 10.6. The summed E-state index contributed by atoms with van der Waals surface area (Å²) in [6.07, 6.45) is 3.56. The molecule has 2 N–H and O–H groups in total. The Hall–Kier alpha value is -3.41. The average Bonchev–Trinajstić information content (AvgIpc) is 3.22. The first-order valence-corrected chi connectivity index (χ1v) is 8.81. The maximum atomic E-state index is 12.3. The van der Waals surface area contributed by atoms with Gasteiger partial charge in [-0.1, -0.05) is 26.0 Å². The summed E-state index contributed by atoms with van der Waals surface area (Å²) in [5, 5.41) is 9.90. The summed E-state index contributed by atoms with van der Waals surface area (Å²) in [4.78, 5) is 24.0. The van der Waals surface area contributed by atoms with Crippen LogP contribution in [0.25, 0.3) is 5.69 Å². The molecule has 138 valence electrons. The highest BCUT2D eigenvalue weighted by molar-refractivity contribution is 5.94. The van der Waals surface area contributed by atoms with Gasteiger partial charge in [0, 0.05) is 36.1 Å². The maximum Gasteiger partial charge on any atom is 0.251 e. The third kappa shape index (κ3) is 4.82. The molecule has 3 rings (SSSR count). The molecule has 27 heavy (non-hydrogen) atoms. The zero-order chi connectivity index (χ0) is 19.2. The topological polar surface area (TPSA) is 76.0 Å². The second kappa shape index (κ2) is 8.31. The Kier molecular flexibility index (Phi) is 5.66. The first-order valence-electron chi connectivity index (χ1n) is 8.81. The monoisotopic (exact) mass is 362 g/mol. The van der Waals surface area contributed by atoms with Gasteiger partial charge >= 0.3 is 0 Å². The molecule has 0 fully saturated rings. The summed E-state index contributed by atoms with van der Waals surface area (Å²) >= 11 is 0. The summed E-state index contributed by atoms with van der Waals surface area (Å²) in [6.45, 7) is 4.11. The van der Waals surface area contributed by atoms with E-state index in [1.54, 1.807) is 23.0 Å². The van der Waals surface area contributed by atoms with E-state index in [9.17, 15) is 9.59 Å². The number of benzene rings is 2. The number of carbonyl (C=O) groups is 2. The lowest BCUT2D eigenvalue weighted by Crippen LogP contribution is -2.22. The van der Waals surface area contributed by atoms with Crippen LogP contribution in [0.4, 0.5) is 5.69 Å². The number of hydrogen-bond acceptors (Lipinski definition) is 3. The second-order valence-corrected chi connectivity index (χ2v) is 6.52. The Bertz CT molecular complexity index is 898. The number of carbonyl (C=O) groups excluding carboxylic acids is 2. The lowest BCUT2D eigenvalue weighted by molar-refractivity contribution is -0.118. The van der Waals surface area contributed by atoms with E-state index in [2.05, 4.69) is 15.7 Å². The van der Waals surface area contributed by atoms with E-state index in [0.717, 1.165) is 16.9 Å². The van der Waals surface area contributed by atoms with Crippen molar-refractivity contribution < 1.29 is 9.59 Å². The lowest BCUT2D eigenvalue weighted by Gasteiger charge is -2.09. The van der Waals surface area contributed by atoms with Gasteiger partial charge in [0.05, 0.1) is 5.69 Å². The number of aromatic nitrogens is 2. The Morgan fingerprint density at radius 3 is 2.33 bits per heavy atom. The van der Waals surface area contributed by atoms with Crippen molar-refractivity contribution in [2.24, 2.45) is 5.92 Å². The molecule has 6 nitrogen and oxygen atoms in total. The summed E-state index contributed by atoms with van der Waals surface area (Å²) in [6, 6.07) is 16.5. The highest BCUT2D eigenvalue weighted by Crippen LogP contribution is 2.12. The first-order chi connectivity index (χ1) is 13.0. The van der Waals surface area contributed by atoms with Crippen LogP contribution < -0.4 is 10.6 Å². The van der Waals surface area contributed by atoms with Gasteiger partial charge in [-0.3, -0.25) is 9.59 Å². The van der Waals surface area contributed by atoms with Gasteiger partial charge in [0.1, 0.15) is 0 Å². The van der Waals surface area contributed by atoms with Crippen molar-refractivity contribution >= 4 is 17.5 Å². The molecule has 0 saturated carbocycles. The fourth-order valence-corrected chi connectivity index (χ4v) is 2.46. The number of rotatable bonds is 6. The number of anilines is 1. The van der Waals surface area contributed by atoms with E-state index in [4.69, 9.17) is 0 Å². The van der Waals surface area contributed by atoms with Crippen molar-refractivity contribution in [3.63, 3.8) is 0 Å². The van der Waals surface area contributed by atoms with E-state index < -0.39 is 0 Å². The Morgan fingerprint density at radius 2 is 1.74 bits per heavy atom. The molecule has 0 aliphatic carbocycles. The first kappa shape index (κ1) is 18.4. The zero-order valence-corrected chi connectivity index (χ0v) is 15.3. The lowest BCUT2D eigenvalue weighted by atomic mass is 10.1. The Morgan fingerprint density at radius 1 is 1.04 bits per heavy atom. The molecule has 0 spiro atoms. The third-order valence-electron chi connectivity index (χ3n) is 4.10. The molecule has 0 aliphatic heterocycles. The Labute approximate surface area is 158 Å². The van der Waals surface area contributed by atoms with Crippen LogP contribution in [-0.4, -0.2) is 21.6 Å². The molecule has 0 saturated heterocycles.